The van der Waals surface area contributed by atoms with Crippen LogP contribution in [0.1, 0.15) is 23.8 Å². The van der Waals surface area contributed by atoms with Crippen LogP contribution in [-0.4, -0.2) is 21.6 Å². The third kappa shape index (κ3) is 4.64. The Hall–Kier alpha value is -2.90. The molecule has 1 amide bonds. The number of hydrogen-bond acceptors (Lipinski definition) is 6. The van der Waals surface area contributed by atoms with Crippen LogP contribution in [0.3, 0.4) is 0 Å². The van der Waals surface area contributed by atoms with E-state index in [0.717, 1.165) is 51.2 Å². The molecule has 2 aromatic heterocycles. The van der Waals surface area contributed by atoms with E-state index in [2.05, 4.69) is 22.2 Å². The number of carbonyl (C=O) groups excluding carboxylic acids is 1. The molecule has 2 heterocycles. The zero-order valence-corrected chi connectivity index (χ0v) is 19.3. The van der Waals surface area contributed by atoms with E-state index in [4.69, 9.17) is 4.74 Å². The maximum Gasteiger partial charge on any atom is 0.234 e. The summed E-state index contributed by atoms with van der Waals surface area (Å²) in [4.78, 5) is 24.0. The van der Waals surface area contributed by atoms with Crippen LogP contribution >= 0.6 is 23.1 Å². The van der Waals surface area contributed by atoms with Crippen molar-refractivity contribution in [2.45, 2.75) is 31.2 Å². The van der Waals surface area contributed by atoms with E-state index in [1.54, 1.807) is 17.7 Å². The predicted molar refractivity (Wildman–Crippen MR) is 131 cm³/mol. The third-order valence-corrected chi connectivity index (χ3v) is 7.67. The summed E-state index contributed by atoms with van der Waals surface area (Å²) in [5.41, 5.74) is 2.13. The molecule has 0 saturated heterocycles. The molecular formula is C25H23N3O2S2. The fraction of sp³-hybridized carbons (Fsp3) is 0.240. The van der Waals surface area contributed by atoms with Crippen LogP contribution in [0.5, 0.6) is 11.5 Å². The van der Waals surface area contributed by atoms with Gasteiger partial charge in [0.1, 0.15) is 27.7 Å². The Morgan fingerprint density at radius 3 is 2.72 bits per heavy atom. The molecule has 0 radical (unpaired) electrons. The number of amides is 1. The van der Waals surface area contributed by atoms with Crippen LogP contribution in [0, 0.1) is 5.92 Å². The maximum atomic E-state index is 12.6. The molecule has 0 spiro atoms. The highest BCUT2D eigenvalue weighted by Crippen LogP contribution is 2.40. The van der Waals surface area contributed by atoms with Crippen LogP contribution in [0.15, 0.2) is 66.0 Å². The lowest BCUT2D eigenvalue weighted by Gasteiger charge is -2.18. The molecule has 1 aliphatic rings. The number of nitrogens with zero attached hydrogens (tertiary/aromatic N) is 2. The molecule has 1 aliphatic carbocycles. The smallest absolute Gasteiger partial charge is 0.234 e. The van der Waals surface area contributed by atoms with Gasteiger partial charge < -0.3 is 10.1 Å². The number of fused-ring (bicyclic) bond motifs is 3. The average Bonchev–Trinajstić information content (AvgIpc) is 3.18. The van der Waals surface area contributed by atoms with Crippen molar-refractivity contribution >= 4 is 44.9 Å². The Balaban J connectivity index is 1.22. The summed E-state index contributed by atoms with van der Waals surface area (Å²) in [6.45, 7) is 2.30. The number of thioether (sulfide) groups is 1. The largest absolute Gasteiger partial charge is 0.457 e. The number of nitrogens with one attached hydrogen (secondary N) is 1. The van der Waals surface area contributed by atoms with Gasteiger partial charge in [0, 0.05) is 16.0 Å². The van der Waals surface area contributed by atoms with Crippen molar-refractivity contribution in [2.24, 2.45) is 5.92 Å². The van der Waals surface area contributed by atoms with E-state index in [-0.39, 0.29) is 5.91 Å². The minimum Gasteiger partial charge on any atom is -0.457 e. The molecule has 0 saturated carbocycles. The number of hydrogen-bond donors (Lipinski definition) is 1. The first-order chi connectivity index (χ1) is 15.7. The van der Waals surface area contributed by atoms with Crippen LogP contribution in [0.4, 0.5) is 5.69 Å². The molecule has 0 aliphatic heterocycles. The van der Waals surface area contributed by atoms with Gasteiger partial charge >= 0.3 is 0 Å². The Morgan fingerprint density at radius 1 is 1.12 bits per heavy atom. The van der Waals surface area contributed by atoms with E-state index in [1.807, 2.05) is 54.6 Å². The van der Waals surface area contributed by atoms with E-state index >= 15 is 0 Å². The minimum absolute atomic E-state index is 0.0591. The molecule has 0 unspecified atom stereocenters. The molecule has 5 rings (SSSR count). The standard InChI is InChI=1S/C25H23N3O2S2/c1-16-7-12-20-21(13-16)32-25-23(20)24(26-15-27-25)31-14-22(29)28-17-8-10-19(11-9-17)30-18-5-3-2-4-6-18/h2-6,8-11,15-16H,7,12-14H2,1H3,(H,28,29)/t16-/m1/s1. The van der Waals surface area contributed by atoms with Crippen LogP contribution in [0.25, 0.3) is 10.2 Å². The lowest BCUT2D eigenvalue weighted by Crippen LogP contribution is -2.14. The molecule has 0 fully saturated rings. The lowest BCUT2D eigenvalue weighted by molar-refractivity contribution is -0.113. The average molecular weight is 462 g/mol. The Morgan fingerprint density at radius 2 is 1.91 bits per heavy atom. The number of aryl methyl sites for hydroxylation is 1. The third-order valence-electron chi connectivity index (χ3n) is 5.51. The molecule has 5 nitrogen and oxygen atoms in total. The zero-order chi connectivity index (χ0) is 21.9. The highest BCUT2D eigenvalue weighted by Gasteiger charge is 2.23. The predicted octanol–water partition coefficient (Wildman–Crippen LogP) is 6.34. The monoisotopic (exact) mass is 461 g/mol. The molecule has 32 heavy (non-hydrogen) atoms. The van der Waals surface area contributed by atoms with Crippen LogP contribution in [0.2, 0.25) is 0 Å². The summed E-state index contributed by atoms with van der Waals surface area (Å²) in [5, 5.41) is 5.02. The Kier molecular flexibility index (Phi) is 6.10. The SMILES string of the molecule is C[C@@H]1CCc2c(sc3ncnc(SCC(=O)Nc4ccc(Oc5ccccc5)cc4)c23)C1. The van der Waals surface area contributed by atoms with Crippen molar-refractivity contribution in [3.05, 3.63) is 71.4 Å². The van der Waals surface area contributed by atoms with Gasteiger partial charge in [0.05, 0.1) is 5.75 Å². The van der Waals surface area contributed by atoms with Gasteiger partial charge in [-0.25, -0.2) is 9.97 Å². The number of aromatic nitrogens is 2. The highest BCUT2D eigenvalue weighted by atomic mass is 32.2. The highest BCUT2D eigenvalue weighted by molar-refractivity contribution is 8.00. The first-order valence-electron chi connectivity index (χ1n) is 10.7. The van der Waals surface area contributed by atoms with Crippen molar-refractivity contribution in [2.75, 3.05) is 11.1 Å². The van der Waals surface area contributed by atoms with Crippen molar-refractivity contribution in [3.63, 3.8) is 0 Å². The molecule has 0 bridgehead atoms. The van der Waals surface area contributed by atoms with Gasteiger partial charge in [-0.3, -0.25) is 4.79 Å². The van der Waals surface area contributed by atoms with Gasteiger partial charge in [-0.05, 0) is 67.1 Å². The van der Waals surface area contributed by atoms with Gasteiger partial charge in [-0.15, -0.1) is 11.3 Å². The number of ether oxygens (including phenoxy) is 1. The first-order valence-corrected chi connectivity index (χ1v) is 12.5. The number of carbonyl (C=O) groups is 1. The van der Waals surface area contributed by atoms with Gasteiger partial charge in [-0.2, -0.15) is 0 Å². The normalized spacial score (nSPS) is 15.3. The van der Waals surface area contributed by atoms with Crippen molar-refractivity contribution in [3.8, 4) is 11.5 Å². The number of benzene rings is 2. The van der Waals surface area contributed by atoms with Gasteiger partial charge in [0.25, 0.3) is 0 Å². The summed E-state index contributed by atoms with van der Waals surface area (Å²) < 4.78 is 5.80. The molecule has 1 N–H and O–H groups in total. The number of thiophene rings is 1. The van der Waals surface area contributed by atoms with E-state index in [1.165, 1.54) is 28.6 Å². The molecule has 7 heteroatoms. The summed E-state index contributed by atoms with van der Waals surface area (Å²) in [5.74, 6) is 2.46. The summed E-state index contributed by atoms with van der Waals surface area (Å²) in [6.07, 6.45) is 4.99. The van der Waals surface area contributed by atoms with Crippen molar-refractivity contribution < 1.29 is 9.53 Å². The topological polar surface area (TPSA) is 64.1 Å². The molecule has 2 aromatic carbocycles. The molecule has 162 valence electrons. The minimum atomic E-state index is -0.0591. The van der Waals surface area contributed by atoms with E-state index in [0.29, 0.717) is 5.75 Å². The van der Waals surface area contributed by atoms with E-state index in [9.17, 15) is 4.79 Å². The molecular weight excluding hydrogens is 438 g/mol. The lowest BCUT2D eigenvalue weighted by atomic mass is 9.89. The van der Waals surface area contributed by atoms with Crippen LogP contribution in [-0.2, 0) is 17.6 Å². The second-order valence-electron chi connectivity index (χ2n) is 7.99. The van der Waals surface area contributed by atoms with Gasteiger partial charge in [0.2, 0.25) is 5.91 Å². The zero-order valence-electron chi connectivity index (χ0n) is 17.7. The number of rotatable bonds is 6. The van der Waals surface area contributed by atoms with Gasteiger partial charge in [0.15, 0.2) is 0 Å². The summed E-state index contributed by atoms with van der Waals surface area (Å²) >= 11 is 3.26. The molecule has 1 atom stereocenters. The summed E-state index contributed by atoms with van der Waals surface area (Å²) in [7, 11) is 0. The second-order valence-corrected chi connectivity index (χ2v) is 10.0. The molecule has 4 aromatic rings. The van der Waals surface area contributed by atoms with Gasteiger partial charge in [-0.1, -0.05) is 36.9 Å². The quantitative estimate of drug-likeness (QED) is 0.268. The fourth-order valence-corrected chi connectivity index (χ4v) is 6.16. The van der Waals surface area contributed by atoms with Crippen LogP contribution < -0.4 is 10.1 Å². The summed E-state index contributed by atoms with van der Waals surface area (Å²) in [6, 6.07) is 17.0. The van der Waals surface area contributed by atoms with Crippen molar-refractivity contribution in [1.82, 2.24) is 9.97 Å². The Bertz CT molecular complexity index is 1240. The van der Waals surface area contributed by atoms with Crippen molar-refractivity contribution in [1.29, 1.82) is 0 Å². The second kappa shape index (κ2) is 9.30. The number of para-hydroxylation sites is 1. The Labute approximate surface area is 195 Å². The number of anilines is 1. The van der Waals surface area contributed by atoms with E-state index < -0.39 is 0 Å². The maximum absolute atomic E-state index is 12.6. The fourth-order valence-electron chi connectivity index (χ4n) is 3.92. The first kappa shape index (κ1) is 21.0.